The van der Waals surface area contributed by atoms with Crippen LogP contribution in [0.1, 0.15) is 49.3 Å². The number of rotatable bonds is 1. The van der Waals surface area contributed by atoms with E-state index in [0.29, 0.717) is 17.9 Å². The first kappa shape index (κ1) is 14.0. The zero-order chi connectivity index (χ0) is 14.5. The second-order valence-electron chi connectivity index (χ2n) is 6.66. The Morgan fingerprint density at radius 3 is 2.40 bits per heavy atom. The molecule has 0 saturated heterocycles. The SMILES string of the molecule is Cc1c(F)ccc2c1C(F)(F)C(C1CCC(C)CC1)C2. The lowest BCUT2D eigenvalue weighted by Crippen LogP contribution is -2.31. The van der Waals surface area contributed by atoms with Crippen molar-refractivity contribution in [2.45, 2.75) is 51.9 Å². The number of hydrogen-bond acceptors (Lipinski definition) is 0. The Balaban J connectivity index is 1.92. The number of benzene rings is 1. The van der Waals surface area contributed by atoms with Crippen LogP contribution in [0, 0.1) is 30.5 Å². The summed E-state index contributed by atoms with van der Waals surface area (Å²) in [4.78, 5) is 0. The molecule has 1 unspecified atom stereocenters. The fourth-order valence-electron chi connectivity index (χ4n) is 4.08. The van der Waals surface area contributed by atoms with Crippen LogP contribution in [0.5, 0.6) is 0 Å². The average molecular weight is 282 g/mol. The van der Waals surface area contributed by atoms with Crippen molar-refractivity contribution in [2.24, 2.45) is 17.8 Å². The van der Waals surface area contributed by atoms with Crippen molar-refractivity contribution in [2.75, 3.05) is 0 Å². The molecular formula is C17H21F3. The summed E-state index contributed by atoms with van der Waals surface area (Å²) in [5.74, 6) is -3.28. The molecule has 1 fully saturated rings. The van der Waals surface area contributed by atoms with Crippen molar-refractivity contribution < 1.29 is 13.2 Å². The van der Waals surface area contributed by atoms with E-state index in [1.807, 2.05) is 0 Å². The van der Waals surface area contributed by atoms with Crippen LogP contribution in [0.3, 0.4) is 0 Å². The predicted molar refractivity (Wildman–Crippen MR) is 73.3 cm³/mol. The fourth-order valence-corrected chi connectivity index (χ4v) is 4.08. The molecule has 0 heterocycles. The third-order valence-electron chi connectivity index (χ3n) is 5.35. The Kier molecular flexibility index (Phi) is 3.34. The smallest absolute Gasteiger partial charge is 0.207 e. The first-order valence-electron chi connectivity index (χ1n) is 7.57. The molecule has 3 rings (SSSR count). The van der Waals surface area contributed by atoms with Gasteiger partial charge in [-0.15, -0.1) is 0 Å². The molecule has 0 nitrogen and oxygen atoms in total. The van der Waals surface area contributed by atoms with E-state index >= 15 is 0 Å². The van der Waals surface area contributed by atoms with E-state index in [1.165, 1.54) is 13.0 Å². The maximum atomic E-state index is 14.8. The Morgan fingerprint density at radius 1 is 1.10 bits per heavy atom. The first-order valence-corrected chi connectivity index (χ1v) is 7.57. The second kappa shape index (κ2) is 4.78. The molecule has 1 atom stereocenters. The van der Waals surface area contributed by atoms with Gasteiger partial charge in [-0.3, -0.25) is 0 Å². The monoisotopic (exact) mass is 282 g/mol. The van der Waals surface area contributed by atoms with Gasteiger partial charge in [0.1, 0.15) is 5.82 Å². The van der Waals surface area contributed by atoms with Crippen LogP contribution in [0.25, 0.3) is 0 Å². The Morgan fingerprint density at radius 2 is 1.75 bits per heavy atom. The highest BCUT2D eigenvalue weighted by molar-refractivity contribution is 5.43. The standard InChI is InChI=1S/C17H21F3/c1-10-3-5-12(6-4-10)14-9-13-7-8-15(18)11(2)16(13)17(14,19)20/h7-8,10,12,14H,3-6,9H2,1-2H3. The predicted octanol–water partition coefficient (Wildman–Crippen LogP) is 5.22. The van der Waals surface area contributed by atoms with Crippen LogP contribution >= 0.6 is 0 Å². The van der Waals surface area contributed by atoms with Crippen molar-refractivity contribution >= 4 is 0 Å². The lowest BCUT2D eigenvalue weighted by Gasteiger charge is -2.34. The van der Waals surface area contributed by atoms with Gasteiger partial charge in [-0.2, -0.15) is 0 Å². The van der Waals surface area contributed by atoms with Crippen molar-refractivity contribution in [3.63, 3.8) is 0 Å². The van der Waals surface area contributed by atoms with Gasteiger partial charge >= 0.3 is 0 Å². The van der Waals surface area contributed by atoms with Crippen LogP contribution in [-0.2, 0) is 12.3 Å². The van der Waals surface area contributed by atoms with Gasteiger partial charge in [0.05, 0.1) is 0 Å². The van der Waals surface area contributed by atoms with E-state index < -0.39 is 17.7 Å². The summed E-state index contributed by atoms with van der Waals surface area (Å²) in [6, 6.07) is 2.88. The molecule has 0 aromatic heterocycles. The normalized spacial score (nSPS) is 32.1. The molecule has 20 heavy (non-hydrogen) atoms. The van der Waals surface area contributed by atoms with Gasteiger partial charge in [-0.25, -0.2) is 13.2 Å². The number of fused-ring (bicyclic) bond motifs is 1. The van der Waals surface area contributed by atoms with E-state index in [-0.39, 0.29) is 17.0 Å². The third kappa shape index (κ3) is 2.06. The molecular weight excluding hydrogens is 261 g/mol. The van der Waals surface area contributed by atoms with E-state index in [9.17, 15) is 13.2 Å². The quantitative estimate of drug-likeness (QED) is 0.662. The minimum Gasteiger partial charge on any atom is -0.207 e. The van der Waals surface area contributed by atoms with Gasteiger partial charge in [-0.05, 0) is 55.2 Å². The molecule has 0 spiro atoms. The molecule has 110 valence electrons. The highest BCUT2D eigenvalue weighted by Gasteiger charge is 2.52. The fraction of sp³-hybridized carbons (Fsp3) is 0.647. The van der Waals surface area contributed by atoms with Gasteiger partial charge in [0.25, 0.3) is 5.92 Å². The van der Waals surface area contributed by atoms with Gasteiger partial charge in [0.2, 0.25) is 0 Å². The van der Waals surface area contributed by atoms with Gasteiger partial charge in [0.15, 0.2) is 0 Å². The zero-order valence-corrected chi connectivity index (χ0v) is 12.1. The van der Waals surface area contributed by atoms with E-state index in [1.54, 1.807) is 6.07 Å². The summed E-state index contributed by atoms with van der Waals surface area (Å²) in [7, 11) is 0. The maximum absolute atomic E-state index is 14.8. The van der Waals surface area contributed by atoms with Crippen LogP contribution in [0.2, 0.25) is 0 Å². The molecule has 1 aromatic rings. The lowest BCUT2D eigenvalue weighted by molar-refractivity contribution is -0.0820. The molecule has 1 saturated carbocycles. The van der Waals surface area contributed by atoms with Crippen LogP contribution < -0.4 is 0 Å². The van der Waals surface area contributed by atoms with Crippen LogP contribution in [-0.4, -0.2) is 0 Å². The summed E-state index contributed by atoms with van der Waals surface area (Å²) >= 11 is 0. The van der Waals surface area contributed by atoms with Gasteiger partial charge in [-0.1, -0.05) is 25.8 Å². The zero-order valence-electron chi connectivity index (χ0n) is 12.1. The summed E-state index contributed by atoms with van der Waals surface area (Å²) in [5, 5.41) is 0. The Labute approximate surface area is 118 Å². The van der Waals surface area contributed by atoms with Crippen molar-refractivity contribution in [1.82, 2.24) is 0 Å². The second-order valence-corrected chi connectivity index (χ2v) is 6.66. The molecule has 0 amide bonds. The summed E-state index contributed by atoms with van der Waals surface area (Å²) in [6.07, 6.45) is 4.26. The largest absolute Gasteiger partial charge is 0.277 e. The van der Waals surface area contributed by atoms with E-state index in [2.05, 4.69) is 6.92 Å². The summed E-state index contributed by atoms with van der Waals surface area (Å²) < 4.78 is 43.1. The number of alkyl halides is 2. The van der Waals surface area contributed by atoms with E-state index in [0.717, 1.165) is 25.7 Å². The number of halogens is 3. The molecule has 1 aromatic carbocycles. The molecule has 2 aliphatic carbocycles. The van der Waals surface area contributed by atoms with Crippen LogP contribution in [0.15, 0.2) is 12.1 Å². The van der Waals surface area contributed by atoms with E-state index in [4.69, 9.17) is 0 Å². The van der Waals surface area contributed by atoms with Crippen molar-refractivity contribution in [3.8, 4) is 0 Å². The minimum atomic E-state index is -2.87. The lowest BCUT2D eigenvalue weighted by atomic mass is 9.74. The topological polar surface area (TPSA) is 0 Å². The molecule has 0 N–H and O–H groups in total. The number of hydrogen-bond donors (Lipinski definition) is 0. The summed E-state index contributed by atoms with van der Waals surface area (Å²) in [6.45, 7) is 3.67. The van der Waals surface area contributed by atoms with Gasteiger partial charge < -0.3 is 0 Å². The molecule has 0 bridgehead atoms. The van der Waals surface area contributed by atoms with Crippen LogP contribution in [0.4, 0.5) is 13.2 Å². The Bertz CT molecular complexity index is 513. The first-order chi connectivity index (χ1) is 9.41. The van der Waals surface area contributed by atoms with Gasteiger partial charge in [0, 0.05) is 11.5 Å². The maximum Gasteiger partial charge on any atom is 0.277 e. The summed E-state index contributed by atoms with van der Waals surface area (Å²) in [5.41, 5.74) is 0.762. The van der Waals surface area contributed by atoms with Crippen molar-refractivity contribution in [1.29, 1.82) is 0 Å². The highest BCUT2D eigenvalue weighted by Crippen LogP contribution is 2.53. The average Bonchev–Trinajstić information content (AvgIpc) is 2.67. The molecule has 0 aliphatic heterocycles. The van der Waals surface area contributed by atoms with Crippen molar-refractivity contribution in [3.05, 3.63) is 34.6 Å². The molecule has 0 radical (unpaired) electrons. The highest BCUT2D eigenvalue weighted by atomic mass is 19.3. The molecule has 3 heteroatoms. The Hall–Kier alpha value is -0.990. The third-order valence-corrected chi connectivity index (χ3v) is 5.35. The molecule has 2 aliphatic rings. The minimum absolute atomic E-state index is 0.0267.